The summed E-state index contributed by atoms with van der Waals surface area (Å²) in [5, 5.41) is 1.03. The average molecular weight is 295 g/mol. The molecule has 1 fully saturated rings. The first kappa shape index (κ1) is 13.3. The summed E-state index contributed by atoms with van der Waals surface area (Å²) in [6, 6.07) is 9.86. The molecule has 4 rings (SSSR count). The molecule has 1 aromatic heterocycles. The van der Waals surface area contributed by atoms with E-state index in [0.29, 0.717) is 12.8 Å². The third kappa shape index (κ3) is 1.52. The molecule has 112 valence electrons. The van der Waals surface area contributed by atoms with Gasteiger partial charge in [-0.2, -0.15) is 0 Å². The van der Waals surface area contributed by atoms with Crippen LogP contribution in [0, 0.1) is 5.41 Å². The fourth-order valence-electron chi connectivity index (χ4n) is 4.14. The monoisotopic (exact) mass is 295 g/mol. The van der Waals surface area contributed by atoms with Gasteiger partial charge in [-0.3, -0.25) is 14.2 Å². The van der Waals surface area contributed by atoms with Crippen LogP contribution in [0.1, 0.15) is 35.7 Å². The molecule has 0 amide bonds. The standard InChI is InChI=1S/C18H17NO3/c1-11-7-13-10-18(9-11,17(21)22-2)16(20)19-14-6-4-3-5-12(14)8-15(13)19/h3-6,8,13H,1,7,9-10H2,2H3/t13-,18-/m0/s1. The van der Waals surface area contributed by atoms with Crippen LogP contribution in [0.15, 0.2) is 42.5 Å². The van der Waals surface area contributed by atoms with Crippen LogP contribution in [0.5, 0.6) is 0 Å². The number of carbonyl (C=O) groups is 2. The van der Waals surface area contributed by atoms with E-state index in [9.17, 15) is 9.59 Å². The van der Waals surface area contributed by atoms with Crippen molar-refractivity contribution in [1.29, 1.82) is 0 Å². The van der Waals surface area contributed by atoms with Crippen molar-refractivity contribution in [2.24, 2.45) is 5.41 Å². The summed E-state index contributed by atoms with van der Waals surface area (Å²) in [6.45, 7) is 4.05. The van der Waals surface area contributed by atoms with Crippen LogP contribution >= 0.6 is 0 Å². The number of aromatic nitrogens is 1. The Balaban J connectivity index is 2.01. The van der Waals surface area contributed by atoms with Gasteiger partial charge in [0.1, 0.15) is 0 Å². The number of allylic oxidation sites excluding steroid dienone is 1. The van der Waals surface area contributed by atoms with Crippen LogP contribution in [0.2, 0.25) is 0 Å². The lowest BCUT2D eigenvalue weighted by atomic mass is 9.64. The maximum absolute atomic E-state index is 13.2. The maximum Gasteiger partial charge on any atom is 0.321 e. The molecule has 0 radical (unpaired) electrons. The summed E-state index contributed by atoms with van der Waals surface area (Å²) < 4.78 is 6.70. The first-order chi connectivity index (χ1) is 10.6. The Bertz CT molecular complexity index is 832. The number of ether oxygens (including phenoxy) is 1. The molecule has 0 saturated heterocycles. The molecule has 1 aromatic carbocycles. The van der Waals surface area contributed by atoms with Crippen LogP contribution < -0.4 is 0 Å². The highest BCUT2D eigenvalue weighted by Gasteiger charge is 2.56. The van der Waals surface area contributed by atoms with Gasteiger partial charge in [-0.05, 0) is 31.4 Å². The fraction of sp³-hybridized carbons (Fsp3) is 0.333. The molecule has 0 N–H and O–H groups in total. The highest BCUT2D eigenvalue weighted by molar-refractivity contribution is 6.09. The molecule has 2 atom stereocenters. The number of carbonyl (C=O) groups excluding carboxylic acids is 2. The zero-order valence-electron chi connectivity index (χ0n) is 12.5. The van der Waals surface area contributed by atoms with Crippen LogP contribution in [-0.4, -0.2) is 23.6 Å². The van der Waals surface area contributed by atoms with Crippen LogP contribution in [0.4, 0.5) is 0 Å². The first-order valence-electron chi connectivity index (χ1n) is 7.47. The second-order valence-corrected chi connectivity index (χ2v) is 6.37. The Morgan fingerprint density at radius 3 is 2.95 bits per heavy atom. The summed E-state index contributed by atoms with van der Waals surface area (Å²) in [6.07, 6.45) is 1.73. The molecular formula is C18H17NO3. The van der Waals surface area contributed by atoms with Gasteiger partial charge in [0.2, 0.25) is 5.91 Å². The second-order valence-electron chi connectivity index (χ2n) is 6.37. The zero-order valence-corrected chi connectivity index (χ0v) is 12.5. The van der Waals surface area contributed by atoms with Gasteiger partial charge in [0.15, 0.2) is 5.41 Å². The summed E-state index contributed by atoms with van der Waals surface area (Å²) in [7, 11) is 1.35. The summed E-state index contributed by atoms with van der Waals surface area (Å²) in [5.41, 5.74) is 1.70. The molecule has 2 aliphatic rings. The molecule has 2 aromatic rings. The number of para-hydroxylation sites is 1. The third-order valence-corrected chi connectivity index (χ3v) is 5.03. The van der Waals surface area contributed by atoms with E-state index < -0.39 is 11.4 Å². The summed E-state index contributed by atoms with van der Waals surface area (Å²) in [5.74, 6) is -0.468. The van der Waals surface area contributed by atoms with Crippen molar-refractivity contribution in [3.8, 4) is 0 Å². The van der Waals surface area contributed by atoms with Gasteiger partial charge in [-0.15, -0.1) is 0 Å². The van der Waals surface area contributed by atoms with E-state index in [1.165, 1.54) is 7.11 Å². The zero-order chi connectivity index (χ0) is 15.5. The minimum absolute atomic E-state index is 0.144. The lowest BCUT2D eigenvalue weighted by molar-refractivity contribution is -0.151. The van der Waals surface area contributed by atoms with Crippen molar-refractivity contribution >= 4 is 22.8 Å². The molecule has 1 saturated carbocycles. The second kappa shape index (κ2) is 4.32. The van der Waals surface area contributed by atoms with E-state index in [1.54, 1.807) is 4.57 Å². The number of nitrogens with zero attached hydrogens (tertiary/aromatic N) is 1. The van der Waals surface area contributed by atoms with Crippen molar-refractivity contribution < 1.29 is 14.3 Å². The van der Waals surface area contributed by atoms with Crippen LogP contribution in [0.25, 0.3) is 10.9 Å². The Hall–Kier alpha value is -2.36. The molecule has 0 spiro atoms. The van der Waals surface area contributed by atoms with Gasteiger partial charge in [-0.25, -0.2) is 0 Å². The molecule has 2 bridgehead atoms. The highest BCUT2D eigenvalue weighted by Crippen LogP contribution is 2.52. The number of rotatable bonds is 1. The van der Waals surface area contributed by atoms with E-state index in [4.69, 9.17) is 4.74 Å². The van der Waals surface area contributed by atoms with Gasteiger partial charge in [0.05, 0.1) is 12.6 Å². The first-order valence-corrected chi connectivity index (χ1v) is 7.47. The number of methoxy groups -OCH3 is 1. The smallest absolute Gasteiger partial charge is 0.321 e. The molecule has 1 aliphatic carbocycles. The quantitative estimate of drug-likeness (QED) is 0.461. The van der Waals surface area contributed by atoms with Gasteiger partial charge >= 0.3 is 5.97 Å². The lowest BCUT2D eigenvalue weighted by Gasteiger charge is -2.43. The Labute approximate surface area is 128 Å². The van der Waals surface area contributed by atoms with Gasteiger partial charge in [-0.1, -0.05) is 30.4 Å². The molecule has 4 heteroatoms. The number of esters is 1. The number of benzene rings is 1. The maximum atomic E-state index is 13.2. The van der Waals surface area contributed by atoms with E-state index in [1.807, 2.05) is 24.3 Å². The average Bonchev–Trinajstić information content (AvgIpc) is 2.91. The van der Waals surface area contributed by atoms with Crippen LogP contribution in [0.3, 0.4) is 0 Å². The molecular weight excluding hydrogens is 278 g/mol. The van der Waals surface area contributed by atoms with E-state index in [0.717, 1.165) is 28.6 Å². The predicted octanol–water partition coefficient (Wildman–Crippen LogP) is 3.28. The van der Waals surface area contributed by atoms with E-state index in [2.05, 4.69) is 12.6 Å². The van der Waals surface area contributed by atoms with Crippen molar-refractivity contribution in [2.75, 3.05) is 7.11 Å². The predicted molar refractivity (Wildman–Crippen MR) is 82.7 cm³/mol. The van der Waals surface area contributed by atoms with Gasteiger partial charge in [0, 0.05) is 17.0 Å². The van der Waals surface area contributed by atoms with Crippen molar-refractivity contribution in [1.82, 2.24) is 4.57 Å². The summed E-state index contributed by atoms with van der Waals surface area (Å²) in [4.78, 5) is 25.6. The largest absolute Gasteiger partial charge is 0.468 e. The minimum Gasteiger partial charge on any atom is -0.468 e. The Morgan fingerprint density at radius 1 is 1.41 bits per heavy atom. The topological polar surface area (TPSA) is 48.3 Å². The SMILES string of the molecule is C=C1C[C@H]2C[C@@](C(=O)OC)(C1)C(=O)n1c2cc2ccccc21. The number of fused-ring (bicyclic) bond motifs is 6. The van der Waals surface area contributed by atoms with Crippen molar-refractivity contribution in [3.05, 3.63) is 48.2 Å². The molecule has 1 aliphatic heterocycles. The minimum atomic E-state index is -1.11. The highest BCUT2D eigenvalue weighted by atomic mass is 16.5. The van der Waals surface area contributed by atoms with Gasteiger partial charge in [0.25, 0.3) is 0 Å². The Kier molecular flexibility index (Phi) is 2.61. The molecule has 4 nitrogen and oxygen atoms in total. The summed E-state index contributed by atoms with van der Waals surface area (Å²) >= 11 is 0. The number of hydrogen-bond acceptors (Lipinski definition) is 3. The van der Waals surface area contributed by atoms with Gasteiger partial charge < -0.3 is 4.74 Å². The van der Waals surface area contributed by atoms with E-state index in [-0.39, 0.29) is 11.8 Å². The van der Waals surface area contributed by atoms with Crippen molar-refractivity contribution in [2.45, 2.75) is 25.2 Å². The Morgan fingerprint density at radius 2 is 2.18 bits per heavy atom. The normalized spacial score (nSPS) is 26.9. The molecule has 22 heavy (non-hydrogen) atoms. The fourth-order valence-corrected chi connectivity index (χ4v) is 4.14. The third-order valence-electron chi connectivity index (χ3n) is 5.03. The van der Waals surface area contributed by atoms with Crippen molar-refractivity contribution in [3.63, 3.8) is 0 Å². The number of hydrogen-bond donors (Lipinski definition) is 0. The molecule has 0 unspecified atom stereocenters. The lowest BCUT2D eigenvalue weighted by Crippen LogP contribution is -2.50. The van der Waals surface area contributed by atoms with Crippen LogP contribution in [-0.2, 0) is 9.53 Å². The molecule has 2 heterocycles. The van der Waals surface area contributed by atoms with E-state index >= 15 is 0 Å².